The predicted molar refractivity (Wildman–Crippen MR) is 78.0 cm³/mol. The van der Waals surface area contributed by atoms with Gasteiger partial charge >= 0.3 is 0 Å². The minimum absolute atomic E-state index is 0.416. The molecule has 0 spiro atoms. The molecule has 0 bridgehead atoms. The van der Waals surface area contributed by atoms with Gasteiger partial charge in [-0.2, -0.15) is 0 Å². The van der Waals surface area contributed by atoms with Gasteiger partial charge in [0.1, 0.15) is 5.75 Å². The molecule has 0 aliphatic heterocycles. The van der Waals surface area contributed by atoms with Crippen molar-refractivity contribution in [3.8, 4) is 5.75 Å². The van der Waals surface area contributed by atoms with Crippen molar-refractivity contribution in [2.75, 3.05) is 37.0 Å². The predicted octanol–water partition coefficient (Wildman–Crippen LogP) is 1.02. The quantitative estimate of drug-likeness (QED) is 0.490. The number of nitrogen functional groups attached to an aromatic ring is 1. The van der Waals surface area contributed by atoms with Gasteiger partial charge in [-0.15, -0.1) is 0 Å². The van der Waals surface area contributed by atoms with Crippen molar-refractivity contribution in [2.45, 2.75) is 13.3 Å². The van der Waals surface area contributed by atoms with Crippen molar-refractivity contribution < 1.29 is 13.2 Å². The number of hydrogen-bond acceptors (Lipinski definition) is 5. The van der Waals surface area contributed by atoms with Gasteiger partial charge in [-0.25, -0.2) is 13.1 Å². The van der Waals surface area contributed by atoms with E-state index in [4.69, 9.17) is 10.5 Å². The summed E-state index contributed by atoms with van der Waals surface area (Å²) in [4.78, 5) is 0. The zero-order valence-corrected chi connectivity index (χ0v) is 12.1. The van der Waals surface area contributed by atoms with Crippen LogP contribution in [0.15, 0.2) is 18.2 Å². The number of hydrogen-bond donors (Lipinski definition) is 3. The molecule has 1 rings (SSSR count). The molecule has 0 fully saturated rings. The Hall–Kier alpha value is -1.47. The van der Waals surface area contributed by atoms with E-state index in [0.717, 1.165) is 11.9 Å². The average Bonchev–Trinajstić information content (AvgIpc) is 2.31. The van der Waals surface area contributed by atoms with Crippen LogP contribution in [0.5, 0.6) is 5.75 Å². The molecule has 0 saturated carbocycles. The lowest BCUT2D eigenvalue weighted by atomic mass is 10.2. The molecule has 0 aliphatic carbocycles. The Morgan fingerprint density at radius 2 is 2.05 bits per heavy atom. The van der Waals surface area contributed by atoms with E-state index in [2.05, 4.69) is 10.0 Å². The number of sulfonamides is 1. The topological polar surface area (TPSA) is 93.5 Å². The van der Waals surface area contributed by atoms with Crippen molar-refractivity contribution in [1.29, 1.82) is 0 Å². The Labute approximate surface area is 114 Å². The van der Waals surface area contributed by atoms with Crippen LogP contribution in [-0.2, 0) is 10.0 Å². The van der Waals surface area contributed by atoms with Crippen molar-refractivity contribution in [3.05, 3.63) is 18.2 Å². The van der Waals surface area contributed by atoms with Crippen LogP contribution < -0.4 is 20.5 Å². The van der Waals surface area contributed by atoms with Gasteiger partial charge < -0.3 is 15.8 Å². The first kappa shape index (κ1) is 15.6. The summed E-state index contributed by atoms with van der Waals surface area (Å²) < 4.78 is 29.5. The molecule has 1 aromatic carbocycles. The van der Waals surface area contributed by atoms with E-state index in [0.29, 0.717) is 37.6 Å². The second-order valence-electron chi connectivity index (χ2n) is 4.13. The van der Waals surface area contributed by atoms with Gasteiger partial charge in [0, 0.05) is 24.8 Å². The Balaban J connectivity index is 2.39. The van der Waals surface area contributed by atoms with E-state index >= 15 is 0 Å². The molecule has 7 heteroatoms. The summed E-state index contributed by atoms with van der Waals surface area (Å²) in [6, 6.07) is 5.48. The lowest BCUT2D eigenvalue weighted by molar-refractivity contribution is 0.342. The Kier molecular flexibility index (Phi) is 5.91. The zero-order chi connectivity index (χ0) is 14.3. The molecule has 0 amide bonds. The van der Waals surface area contributed by atoms with Crippen LogP contribution in [0.1, 0.15) is 13.3 Å². The maximum absolute atomic E-state index is 10.9. The maximum atomic E-state index is 10.9. The number of anilines is 2. The molecule has 0 heterocycles. The Bertz CT molecular complexity index is 503. The van der Waals surface area contributed by atoms with Gasteiger partial charge in [0.05, 0.1) is 18.6 Å². The molecular weight excluding hydrogens is 266 g/mol. The fourth-order valence-corrected chi connectivity index (χ4v) is 2.02. The first-order valence-corrected chi connectivity index (χ1v) is 8.02. The van der Waals surface area contributed by atoms with Gasteiger partial charge in [-0.3, -0.25) is 0 Å². The fraction of sp³-hybridized carbons (Fsp3) is 0.500. The van der Waals surface area contributed by atoms with Crippen molar-refractivity contribution >= 4 is 21.4 Å². The highest BCUT2D eigenvalue weighted by atomic mass is 32.2. The second kappa shape index (κ2) is 7.20. The third kappa shape index (κ3) is 6.30. The summed E-state index contributed by atoms with van der Waals surface area (Å²) in [6.07, 6.45) is 1.84. The first-order valence-electron chi connectivity index (χ1n) is 6.13. The molecule has 0 saturated heterocycles. The highest BCUT2D eigenvalue weighted by molar-refractivity contribution is 7.88. The smallest absolute Gasteiger partial charge is 0.208 e. The summed E-state index contributed by atoms with van der Waals surface area (Å²) in [5.74, 6) is 0.654. The fourth-order valence-electron chi connectivity index (χ4n) is 1.50. The Morgan fingerprint density at radius 1 is 1.32 bits per heavy atom. The number of nitrogens with one attached hydrogen (secondary N) is 2. The molecule has 0 radical (unpaired) electrons. The number of rotatable bonds is 8. The molecule has 19 heavy (non-hydrogen) atoms. The van der Waals surface area contributed by atoms with Gasteiger partial charge in [-0.05, 0) is 25.5 Å². The van der Waals surface area contributed by atoms with E-state index in [1.165, 1.54) is 0 Å². The molecular formula is C12H21N3O3S. The van der Waals surface area contributed by atoms with Gasteiger partial charge in [-0.1, -0.05) is 0 Å². The number of benzene rings is 1. The normalized spacial score (nSPS) is 11.3. The lowest BCUT2D eigenvalue weighted by Gasteiger charge is -2.11. The highest BCUT2D eigenvalue weighted by Crippen LogP contribution is 2.25. The van der Waals surface area contributed by atoms with Crippen LogP contribution >= 0.6 is 0 Å². The summed E-state index contributed by atoms with van der Waals surface area (Å²) >= 11 is 0. The summed E-state index contributed by atoms with van der Waals surface area (Å²) in [5, 5.41) is 3.19. The van der Waals surface area contributed by atoms with Gasteiger partial charge in [0.25, 0.3) is 0 Å². The lowest BCUT2D eigenvalue weighted by Crippen LogP contribution is -2.24. The van der Waals surface area contributed by atoms with E-state index in [1.54, 1.807) is 6.07 Å². The van der Waals surface area contributed by atoms with Gasteiger partial charge in [0.2, 0.25) is 10.0 Å². The van der Waals surface area contributed by atoms with E-state index in [9.17, 15) is 8.42 Å². The average molecular weight is 287 g/mol. The van der Waals surface area contributed by atoms with E-state index in [-0.39, 0.29) is 0 Å². The minimum atomic E-state index is -3.10. The molecule has 4 N–H and O–H groups in total. The SMILES string of the molecule is CCOc1cc(NCCCNS(C)(=O)=O)ccc1N. The van der Waals surface area contributed by atoms with Crippen molar-refractivity contribution in [2.24, 2.45) is 0 Å². The third-order valence-electron chi connectivity index (χ3n) is 2.36. The van der Waals surface area contributed by atoms with Crippen LogP contribution in [0, 0.1) is 0 Å². The molecule has 0 unspecified atom stereocenters. The van der Waals surface area contributed by atoms with E-state index < -0.39 is 10.0 Å². The van der Waals surface area contributed by atoms with E-state index in [1.807, 2.05) is 19.1 Å². The van der Waals surface area contributed by atoms with Crippen LogP contribution in [0.25, 0.3) is 0 Å². The number of ether oxygens (including phenoxy) is 1. The summed E-state index contributed by atoms with van der Waals surface area (Å²) in [6.45, 7) is 3.54. The molecule has 108 valence electrons. The molecule has 1 aromatic rings. The summed E-state index contributed by atoms with van der Waals surface area (Å²) in [7, 11) is -3.10. The monoisotopic (exact) mass is 287 g/mol. The van der Waals surface area contributed by atoms with Crippen molar-refractivity contribution in [3.63, 3.8) is 0 Å². The van der Waals surface area contributed by atoms with Crippen LogP contribution in [0.3, 0.4) is 0 Å². The summed E-state index contributed by atoms with van der Waals surface area (Å²) in [5.41, 5.74) is 7.27. The molecule has 0 aromatic heterocycles. The number of nitrogens with two attached hydrogens (primary N) is 1. The highest BCUT2D eigenvalue weighted by Gasteiger charge is 2.02. The third-order valence-corrected chi connectivity index (χ3v) is 3.09. The van der Waals surface area contributed by atoms with Gasteiger partial charge in [0.15, 0.2) is 0 Å². The standard InChI is InChI=1S/C12H21N3O3S/c1-3-18-12-9-10(5-6-11(12)13)14-7-4-8-15-19(2,16)17/h5-6,9,14-15H,3-4,7-8,13H2,1-2H3. The largest absolute Gasteiger partial charge is 0.492 e. The molecule has 0 atom stereocenters. The molecule has 6 nitrogen and oxygen atoms in total. The second-order valence-corrected chi connectivity index (χ2v) is 5.97. The van der Waals surface area contributed by atoms with Crippen LogP contribution in [0.4, 0.5) is 11.4 Å². The van der Waals surface area contributed by atoms with Crippen LogP contribution in [-0.4, -0.2) is 34.4 Å². The van der Waals surface area contributed by atoms with Crippen molar-refractivity contribution in [1.82, 2.24) is 4.72 Å². The van der Waals surface area contributed by atoms with Crippen LogP contribution in [0.2, 0.25) is 0 Å². The maximum Gasteiger partial charge on any atom is 0.208 e. The zero-order valence-electron chi connectivity index (χ0n) is 11.3. The first-order chi connectivity index (χ1) is 8.92. The molecule has 0 aliphatic rings. The Morgan fingerprint density at radius 3 is 2.68 bits per heavy atom. The minimum Gasteiger partial charge on any atom is -0.492 e.